The van der Waals surface area contributed by atoms with Crippen LogP contribution in [0.5, 0.6) is 5.75 Å². The number of ether oxygens (including phenoxy) is 1. The predicted molar refractivity (Wildman–Crippen MR) is 146 cm³/mol. The Morgan fingerprint density at radius 2 is 1.82 bits per heavy atom. The van der Waals surface area contributed by atoms with E-state index in [-0.39, 0.29) is 22.8 Å². The van der Waals surface area contributed by atoms with E-state index in [1.165, 1.54) is 48.2 Å². The van der Waals surface area contributed by atoms with Crippen molar-refractivity contribution < 1.29 is 17.5 Å². The summed E-state index contributed by atoms with van der Waals surface area (Å²) in [7, 11) is -1.85. The number of nitrogens with one attached hydrogen (secondary N) is 1. The molecule has 204 valence electrons. The van der Waals surface area contributed by atoms with Crippen LogP contribution in [0.25, 0.3) is 5.69 Å². The summed E-state index contributed by atoms with van der Waals surface area (Å²) < 4.78 is 46.3. The second-order valence-corrected chi connectivity index (χ2v) is 11.9. The van der Waals surface area contributed by atoms with Gasteiger partial charge in [-0.3, -0.25) is 4.79 Å². The Morgan fingerprint density at radius 1 is 1.13 bits per heavy atom. The van der Waals surface area contributed by atoms with Crippen LogP contribution in [-0.2, 0) is 9.84 Å². The molecular formula is C27H27ClFN5O4S. The summed E-state index contributed by atoms with van der Waals surface area (Å²) in [6, 6.07) is 10.4. The Kier molecular flexibility index (Phi) is 8.31. The van der Waals surface area contributed by atoms with Crippen molar-refractivity contribution in [2.24, 2.45) is 5.11 Å². The van der Waals surface area contributed by atoms with Crippen molar-refractivity contribution in [3.05, 3.63) is 111 Å². The quantitative estimate of drug-likeness (QED) is 0.259. The van der Waals surface area contributed by atoms with E-state index in [1.807, 2.05) is 13.1 Å². The third-order valence-electron chi connectivity index (χ3n) is 6.32. The normalized spacial score (nSPS) is 13.2. The second-order valence-electron chi connectivity index (χ2n) is 9.20. The molecule has 39 heavy (non-hydrogen) atoms. The zero-order valence-corrected chi connectivity index (χ0v) is 23.1. The fourth-order valence-corrected chi connectivity index (χ4v) is 5.32. The summed E-state index contributed by atoms with van der Waals surface area (Å²) in [5, 5.41) is 3.94. The first-order chi connectivity index (χ1) is 18.5. The fraction of sp³-hybridized carbons (Fsp3) is 0.259. The van der Waals surface area contributed by atoms with Crippen LogP contribution >= 0.6 is 11.6 Å². The molecule has 0 amide bonds. The number of aromatic nitrogens is 3. The maximum absolute atomic E-state index is 13.8. The monoisotopic (exact) mass is 571 g/mol. The van der Waals surface area contributed by atoms with E-state index in [0.717, 1.165) is 11.9 Å². The van der Waals surface area contributed by atoms with Crippen LogP contribution in [0.4, 0.5) is 4.39 Å². The molecule has 0 aliphatic carbocycles. The molecule has 0 aliphatic rings. The van der Waals surface area contributed by atoms with Crippen LogP contribution in [0.1, 0.15) is 40.9 Å². The maximum Gasteiger partial charge on any atom is 0.257 e. The predicted octanol–water partition coefficient (Wildman–Crippen LogP) is 5.29. The molecule has 0 saturated heterocycles. The second kappa shape index (κ2) is 11.5. The summed E-state index contributed by atoms with van der Waals surface area (Å²) in [6.45, 7) is 1.87. The number of halogens is 2. The van der Waals surface area contributed by atoms with Crippen molar-refractivity contribution in [3.63, 3.8) is 0 Å². The highest BCUT2D eigenvalue weighted by Crippen LogP contribution is 2.33. The molecule has 1 N–H and O–H groups in total. The van der Waals surface area contributed by atoms with E-state index in [0.29, 0.717) is 22.6 Å². The Bertz CT molecular complexity index is 1670. The number of pyridine rings is 1. The van der Waals surface area contributed by atoms with Gasteiger partial charge in [-0.25, -0.2) is 23.3 Å². The molecule has 0 radical (unpaired) electrons. The largest absolute Gasteiger partial charge is 0.495 e. The Morgan fingerprint density at radius 3 is 2.41 bits per heavy atom. The first-order valence-corrected chi connectivity index (χ1v) is 14.3. The van der Waals surface area contributed by atoms with E-state index in [1.54, 1.807) is 29.1 Å². The first kappa shape index (κ1) is 28.2. The molecule has 4 aromatic rings. The first-order valence-electron chi connectivity index (χ1n) is 11.9. The molecule has 12 heteroatoms. The lowest BCUT2D eigenvalue weighted by Gasteiger charge is -2.23. The zero-order chi connectivity index (χ0) is 28.3. The fourth-order valence-electron chi connectivity index (χ4n) is 4.45. The van der Waals surface area contributed by atoms with Gasteiger partial charge in [-0.2, -0.15) is 5.11 Å². The molecule has 2 heterocycles. The maximum atomic E-state index is 13.8. The molecule has 0 fully saturated rings. The Hall–Kier alpha value is -3.83. The highest BCUT2D eigenvalue weighted by atomic mass is 35.5. The molecule has 4 rings (SSSR count). The molecule has 0 aliphatic heterocycles. The van der Waals surface area contributed by atoms with Gasteiger partial charge in [0.25, 0.3) is 5.56 Å². The SMILES string of the molecule is COc1cc(C(N=N)c2cc(Cl)cn(C(CCS(C)(=O)=O)c3ccc(F)cc3)c2=O)ccc1-n1cnc(C)c1. The summed E-state index contributed by atoms with van der Waals surface area (Å²) in [5.41, 5.74) is 10.1. The number of aryl methyl sites for hydroxylation is 1. The third kappa shape index (κ3) is 6.43. The van der Waals surface area contributed by atoms with Crippen molar-refractivity contribution in [2.75, 3.05) is 19.1 Å². The Labute approximate surface area is 230 Å². The number of imidazole rings is 1. The van der Waals surface area contributed by atoms with Gasteiger partial charge in [-0.05, 0) is 54.8 Å². The van der Waals surface area contributed by atoms with E-state index in [9.17, 15) is 17.6 Å². The van der Waals surface area contributed by atoms with E-state index in [4.69, 9.17) is 21.9 Å². The van der Waals surface area contributed by atoms with Crippen LogP contribution in [0, 0.1) is 18.3 Å². The van der Waals surface area contributed by atoms with Gasteiger partial charge in [0.05, 0.1) is 41.6 Å². The van der Waals surface area contributed by atoms with Gasteiger partial charge in [-0.15, -0.1) is 0 Å². The van der Waals surface area contributed by atoms with Gasteiger partial charge in [0, 0.05) is 24.2 Å². The lowest BCUT2D eigenvalue weighted by molar-refractivity contribution is 0.412. The molecular weight excluding hydrogens is 545 g/mol. The molecule has 0 bridgehead atoms. The van der Waals surface area contributed by atoms with Crippen LogP contribution in [0.15, 0.2) is 77.2 Å². The lowest BCUT2D eigenvalue weighted by atomic mass is 9.98. The number of sulfone groups is 1. The van der Waals surface area contributed by atoms with Crippen LogP contribution < -0.4 is 10.3 Å². The summed E-state index contributed by atoms with van der Waals surface area (Å²) in [6.07, 6.45) is 6.07. The van der Waals surface area contributed by atoms with Crippen molar-refractivity contribution in [2.45, 2.75) is 25.4 Å². The minimum absolute atomic E-state index is 0.0552. The number of hydrogen-bond acceptors (Lipinski definition) is 7. The molecule has 2 unspecified atom stereocenters. The standard InChI is InChI=1S/C27H27ClFN5O4S/c1-17-14-33(16-31-17)24-9-6-19(12-25(24)38-2)26(32-30)22-13-20(28)15-34(27(22)35)23(10-11-39(3,36)37)18-4-7-21(29)8-5-18/h4-9,12-16,23,26,30H,10-11H2,1-3H3. The minimum atomic E-state index is -3.36. The topological polar surface area (TPSA) is 119 Å². The summed E-state index contributed by atoms with van der Waals surface area (Å²) in [5.74, 6) is -0.184. The minimum Gasteiger partial charge on any atom is -0.495 e. The van der Waals surface area contributed by atoms with Crippen molar-refractivity contribution in [1.82, 2.24) is 14.1 Å². The molecule has 2 atom stereocenters. The highest BCUT2D eigenvalue weighted by Gasteiger charge is 2.25. The van der Waals surface area contributed by atoms with E-state index >= 15 is 0 Å². The number of nitrogens with zero attached hydrogens (tertiary/aromatic N) is 4. The average Bonchev–Trinajstić information content (AvgIpc) is 3.33. The molecule has 2 aromatic carbocycles. The van der Waals surface area contributed by atoms with Gasteiger partial charge in [0.15, 0.2) is 0 Å². The van der Waals surface area contributed by atoms with Gasteiger partial charge in [-0.1, -0.05) is 29.8 Å². The van der Waals surface area contributed by atoms with Gasteiger partial charge in [0.1, 0.15) is 27.4 Å². The van der Waals surface area contributed by atoms with Crippen LogP contribution in [0.3, 0.4) is 0 Å². The number of methoxy groups -OCH3 is 1. The third-order valence-corrected chi connectivity index (χ3v) is 7.51. The highest BCUT2D eigenvalue weighted by molar-refractivity contribution is 7.90. The van der Waals surface area contributed by atoms with Gasteiger partial charge in [0.2, 0.25) is 0 Å². The number of hydrogen-bond donors (Lipinski definition) is 1. The van der Waals surface area contributed by atoms with Gasteiger partial charge < -0.3 is 13.9 Å². The number of rotatable bonds is 10. The summed E-state index contributed by atoms with van der Waals surface area (Å²) in [4.78, 5) is 18.1. The smallest absolute Gasteiger partial charge is 0.257 e. The van der Waals surface area contributed by atoms with Crippen molar-refractivity contribution >= 4 is 21.4 Å². The van der Waals surface area contributed by atoms with E-state index in [2.05, 4.69) is 10.1 Å². The van der Waals surface area contributed by atoms with Crippen molar-refractivity contribution in [3.8, 4) is 11.4 Å². The summed E-state index contributed by atoms with van der Waals surface area (Å²) >= 11 is 6.45. The molecule has 9 nitrogen and oxygen atoms in total. The van der Waals surface area contributed by atoms with Crippen LogP contribution in [0.2, 0.25) is 5.02 Å². The lowest BCUT2D eigenvalue weighted by Crippen LogP contribution is -2.30. The van der Waals surface area contributed by atoms with E-state index < -0.39 is 33.3 Å². The van der Waals surface area contributed by atoms with Gasteiger partial charge >= 0.3 is 0 Å². The Balaban J connectivity index is 1.82. The average molecular weight is 572 g/mol. The van der Waals surface area contributed by atoms with Crippen molar-refractivity contribution in [1.29, 1.82) is 5.53 Å². The number of benzene rings is 2. The molecule has 0 saturated carbocycles. The zero-order valence-electron chi connectivity index (χ0n) is 21.5. The molecule has 0 spiro atoms. The molecule has 2 aromatic heterocycles. The van der Waals surface area contributed by atoms with Crippen LogP contribution in [-0.4, -0.2) is 41.7 Å².